The third kappa shape index (κ3) is 20.8. The number of rotatable bonds is 14. The Balaban J connectivity index is 0.000000199. The number of ketones is 1. The largest absolute Gasteiger partial charge is 0.454 e. The highest BCUT2D eigenvalue weighted by Gasteiger charge is 2.65. The number of hydrogen-bond acceptors (Lipinski definition) is 15. The molecule has 6 heterocycles. The number of aromatic nitrogens is 2. The molecule has 0 bridgehead atoms. The molecule has 8 atom stereocenters. The van der Waals surface area contributed by atoms with Crippen LogP contribution in [0.3, 0.4) is 0 Å². The van der Waals surface area contributed by atoms with Gasteiger partial charge >= 0.3 is 30.9 Å². The lowest BCUT2D eigenvalue weighted by Gasteiger charge is -2.31. The van der Waals surface area contributed by atoms with Crippen LogP contribution < -0.4 is 0 Å². The number of benzene rings is 5. The van der Waals surface area contributed by atoms with Gasteiger partial charge in [0.2, 0.25) is 11.8 Å². The van der Waals surface area contributed by atoms with Crippen LogP contribution >= 0.6 is 0 Å². The van der Waals surface area contributed by atoms with Gasteiger partial charge in [-0.25, -0.2) is 0 Å². The maximum absolute atomic E-state index is 14.2. The van der Waals surface area contributed by atoms with E-state index in [2.05, 4.69) is 25.3 Å². The fourth-order valence-electron chi connectivity index (χ4n) is 12.0. The van der Waals surface area contributed by atoms with Crippen molar-refractivity contribution in [1.29, 1.82) is 5.41 Å². The summed E-state index contributed by atoms with van der Waals surface area (Å²) in [5, 5.41) is 42.8. The average Bonchev–Trinajstić information content (AvgIpc) is 1.57. The monoisotopic (exact) mass is 1520 g/mol. The number of alkyl halides is 15. The van der Waals surface area contributed by atoms with Crippen molar-refractivity contribution in [2.24, 2.45) is 26.8 Å². The minimum absolute atomic E-state index is 0.0107. The zero-order chi connectivity index (χ0) is 78.7. The number of aliphatic hydroxyl groups excluding tert-OH is 2. The summed E-state index contributed by atoms with van der Waals surface area (Å²) < 4.78 is 209. The highest BCUT2D eigenvalue weighted by atomic mass is 28.3. The summed E-state index contributed by atoms with van der Waals surface area (Å²) in [6.45, 7) is 16.2. The molecule has 4 aliphatic heterocycles. The average molecular weight is 1520 g/mol. The molecular formula is C73H77F15N8O9Si. The lowest BCUT2D eigenvalue weighted by molar-refractivity contribution is -0.276. The molecule has 17 nitrogen and oxygen atoms in total. The third-order valence-corrected chi connectivity index (χ3v) is 17.9. The molecule has 5 aromatic carbocycles. The van der Waals surface area contributed by atoms with Crippen molar-refractivity contribution in [3.8, 4) is 0 Å². The van der Waals surface area contributed by atoms with Crippen LogP contribution in [0.25, 0.3) is 0 Å². The number of oxime groups is 2. The number of aryl methyl sites for hydroxylation is 2. The van der Waals surface area contributed by atoms with Gasteiger partial charge in [-0.05, 0) is 45.3 Å². The summed E-state index contributed by atoms with van der Waals surface area (Å²) in [6, 6.07) is 37.7. The lowest BCUT2D eigenvalue weighted by atomic mass is 9.85. The number of nitrogens with zero attached hydrogens (tertiary/aromatic N) is 7. The molecule has 2 unspecified atom stereocenters. The number of Topliss-reactive ketones (excluding diaryl/α,β-unsaturated/α-hetero) is 1. The van der Waals surface area contributed by atoms with Crippen LogP contribution in [0.1, 0.15) is 121 Å². The zero-order valence-electron chi connectivity index (χ0n) is 58.5. The van der Waals surface area contributed by atoms with Gasteiger partial charge < -0.3 is 43.4 Å². The Hall–Kier alpha value is -9.50. The molecule has 2 aromatic heterocycles. The SMILES string of the molecule is C[Si](C)(C)N=C(c1ccccc1)C(F)(F)F.Cc1cc([C@@H](C(=O)N2C[C@H](O)C[C@H]2C2=NOC(c3ccccc3)(C(F)(F)F)C2)C(C)C)on1.Cc1cc([C@H](C(=O)N2C[C@H](O)C[C@H]2C2=NOC(c3ccccc3)(C(F)(F)F)C2)C(C)C)on1.N=C(c1ccccc1)C(F)(F)F.O=C(c1ccccc1)C(F)(F)F. The van der Waals surface area contributed by atoms with E-state index in [1.165, 1.54) is 107 Å². The number of β-amino-alcohol motifs (C(OH)–C–C–N with tert-alkyl or cyclic N) is 2. The van der Waals surface area contributed by atoms with E-state index in [0.29, 0.717) is 22.9 Å². The lowest BCUT2D eigenvalue weighted by Crippen LogP contribution is -2.47. The summed E-state index contributed by atoms with van der Waals surface area (Å²) >= 11 is 0. The molecule has 2 saturated heterocycles. The van der Waals surface area contributed by atoms with Crippen LogP contribution in [0.2, 0.25) is 19.6 Å². The standard InChI is InChI=1S/2C23H26F3N3O4.C11H14F3NSi.C8H6F3N.C8H5F3O/c2*1-13(2)20(19-9-14(3)27-32-19)21(31)29-12-16(30)10-18(29)17-11-22(33-28-17,23(24,25)26)15-7-5-4-6-8-15;1-16(2,3)15-10(11(12,13)14)9-7-5-4-6-8-9;2*9-8(10,11)7(12)6-4-2-1-3-5-6/h2*4-9,13,16,18,20,30H,10-12H2,1-3H3;4-8H,1-3H3;1-5,12H;1-5H/t16-,18+,20+,22?;16-,18+,20-,22?;;;/m11.../s1. The highest BCUT2D eigenvalue weighted by Crippen LogP contribution is 2.51. The van der Waals surface area contributed by atoms with Crippen molar-refractivity contribution in [2.75, 3.05) is 13.1 Å². The van der Waals surface area contributed by atoms with Gasteiger partial charge in [-0.3, -0.25) is 19.8 Å². The molecule has 11 rings (SSSR count). The second kappa shape index (κ2) is 33.9. The van der Waals surface area contributed by atoms with Crippen LogP contribution in [0.15, 0.2) is 188 Å². The Bertz CT molecular complexity index is 3940. The molecule has 0 spiro atoms. The van der Waals surface area contributed by atoms with E-state index in [9.17, 15) is 90.5 Å². The van der Waals surface area contributed by atoms with E-state index in [1.54, 1.807) is 88.1 Å². The number of carbonyl (C=O) groups is 3. The minimum atomic E-state index is -4.78. The second-order valence-electron chi connectivity index (χ2n) is 27.0. The first-order valence-corrected chi connectivity index (χ1v) is 36.4. The van der Waals surface area contributed by atoms with E-state index in [-0.39, 0.29) is 88.8 Å². The first-order valence-electron chi connectivity index (χ1n) is 33.0. The van der Waals surface area contributed by atoms with E-state index >= 15 is 0 Å². The predicted octanol–water partition coefficient (Wildman–Crippen LogP) is 16.8. The van der Waals surface area contributed by atoms with Crippen LogP contribution in [0.4, 0.5) is 65.9 Å². The fraction of sp³-hybridized carbons (Fsp3) is 0.411. The fourth-order valence-corrected chi connectivity index (χ4v) is 12.9. The topological polar surface area (TPSA) is 230 Å². The first-order chi connectivity index (χ1) is 49.3. The van der Waals surface area contributed by atoms with E-state index in [4.69, 9.17) is 24.1 Å². The van der Waals surface area contributed by atoms with Crippen LogP contribution in [0.5, 0.6) is 0 Å². The van der Waals surface area contributed by atoms with Gasteiger partial charge in [0.05, 0.1) is 47.1 Å². The summed E-state index contributed by atoms with van der Waals surface area (Å²) in [5.41, 5.74) is -6.36. The quantitative estimate of drug-likeness (QED) is 0.0401. The number of aliphatic hydroxyl groups is 2. The zero-order valence-corrected chi connectivity index (χ0v) is 59.5. The molecule has 7 aromatic rings. The third-order valence-electron chi connectivity index (χ3n) is 17.0. The number of carbonyl (C=O) groups excluding carboxylic acids is 3. The van der Waals surface area contributed by atoms with Crippen LogP contribution in [-0.4, -0.2) is 147 Å². The van der Waals surface area contributed by atoms with Crippen molar-refractivity contribution < 1.29 is 109 Å². The van der Waals surface area contributed by atoms with Crippen molar-refractivity contribution in [1.82, 2.24) is 20.1 Å². The summed E-state index contributed by atoms with van der Waals surface area (Å²) in [4.78, 5) is 50.6. The highest BCUT2D eigenvalue weighted by molar-refractivity contribution is 6.75. The summed E-state index contributed by atoms with van der Waals surface area (Å²) in [6.07, 6.45) is -25.9. The molecule has 572 valence electrons. The smallest absolute Gasteiger partial charge is 0.391 e. The number of likely N-dealkylation sites (tertiary alicyclic amines) is 2. The Morgan fingerprint density at radius 3 is 1.12 bits per heavy atom. The van der Waals surface area contributed by atoms with Gasteiger partial charge in [-0.1, -0.05) is 200 Å². The summed E-state index contributed by atoms with van der Waals surface area (Å²) in [5.74, 6) is -3.45. The maximum atomic E-state index is 14.2. The van der Waals surface area contributed by atoms with Crippen molar-refractivity contribution >= 4 is 48.7 Å². The van der Waals surface area contributed by atoms with Gasteiger partial charge in [0.15, 0.2) is 8.24 Å². The Morgan fingerprint density at radius 2 is 0.840 bits per heavy atom. The Morgan fingerprint density at radius 1 is 0.509 bits per heavy atom. The molecule has 0 saturated carbocycles. The predicted molar refractivity (Wildman–Crippen MR) is 363 cm³/mol. The van der Waals surface area contributed by atoms with E-state index in [0.717, 1.165) is 12.1 Å². The van der Waals surface area contributed by atoms with E-state index in [1.807, 2.05) is 27.7 Å². The number of halogens is 15. The molecule has 0 aliphatic carbocycles. The Labute approximate surface area is 600 Å². The number of amides is 2. The number of nitrogens with one attached hydrogen (secondary N) is 1. The second-order valence-corrected chi connectivity index (χ2v) is 31.6. The van der Waals surface area contributed by atoms with Gasteiger partial charge in [0, 0.05) is 78.7 Å². The Kier molecular flexibility index (Phi) is 26.8. The first kappa shape index (κ1) is 83.8. The molecule has 106 heavy (non-hydrogen) atoms. The normalized spacial score (nSPS) is 21.1. The molecule has 2 fully saturated rings. The summed E-state index contributed by atoms with van der Waals surface area (Å²) in [7, 11) is -2.14. The van der Waals surface area contributed by atoms with Gasteiger partial charge in [0.1, 0.15) is 34.8 Å². The van der Waals surface area contributed by atoms with Crippen molar-refractivity contribution in [3.05, 3.63) is 215 Å². The van der Waals surface area contributed by atoms with Gasteiger partial charge in [0.25, 0.3) is 17.0 Å². The minimum Gasteiger partial charge on any atom is -0.391 e. The van der Waals surface area contributed by atoms with Gasteiger partial charge in [-0.15, -0.1) is 0 Å². The maximum Gasteiger partial charge on any atom is 0.454 e. The molecule has 33 heteroatoms. The van der Waals surface area contributed by atoms with Gasteiger partial charge in [-0.2, -0.15) is 65.9 Å². The number of hydrogen-bond donors (Lipinski definition) is 3. The molecule has 4 aliphatic rings. The molecule has 0 radical (unpaired) electrons. The molecular weight excluding hydrogens is 1450 g/mol. The molecule has 2 amide bonds. The van der Waals surface area contributed by atoms with E-state index < -0.39 is 116 Å². The van der Waals surface area contributed by atoms with Crippen LogP contribution in [0, 0.1) is 31.1 Å². The van der Waals surface area contributed by atoms with Crippen molar-refractivity contribution in [3.63, 3.8) is 0 Å². The van der Waals surface area contributed by atoms with Crippen molar-refractivity contribution in [2.45, 2.75) is 165 Å². The molecule has 3 N–H and O–H groups in total. The van der Waals surface area contributed by atoms with Crippen LogP contribution in [-0.2, 0) is 30.5 Å².